The van der Waals surface area contributed by atoms with Crippen molar-refractivity contribution in [2.45, 2.75) is 32.3 Å². The lowest BCUT2D eigenvalue weighted by molar-refractivity contribution is -0.130. The number of carbonyl (C=O) groups excluding carboxylic acids is 2. The fourth-order valence-corrected chi connectivity index (χ4v) is 2.82. The molecule has 2 heterocycles. The molecule has 0 aliphatic carbocycles. The minimum absolute atomic E-state index is 0.00382. The van der Waals surface area contributed by atoms with Gasteiger partial charge in [0.25, 0.3) is 0 Å². The molecule has 0 radical (unpaired) electrons. The van der Waals surface area contributed by atoms with Gasteiger partial charge in [-0.3, -0.25) is 9.59 Å². The monoisotopic (exact) mass is 339 g/mol. The van der Waals surface area contributed by atoms with Crippen LogP contribution < -0.4 is 4.74 Å². The number of ether oxygens (including phenoxy) is 1. The summed E-state index contributed by atoms with van der Waals surface area (Å²) in [4.78, 5) is 26.2. The summed E-state index contributed by atoms with van der Waals surface area (Å²) in [5, 5.41) is 7.94. The number of Topliss-reactive ketones (excluding diaryl/α,β-unsaturated/α-hetero) is 1. The molecule has 3 rings (SSSR count). The number of aryl methyl sites for hydroxylation is 1. The van der Waals surface area contributed by atoms with E-state index in [2.05, 4.69) is 10.2 Å². The van der Waals surface area contributed by atoms with Gasteiger partial charge in [-0.1, -0.05) is 30.3 Å². The van der Waals surface area contributed by atoms with Crippen molar-refractivity contribution in [1.82, 2.24) is 15.1 Å². The van der Waals surface area contributed by atoms with Crippen molar-refractivity contribution in [3.63, 3.8) is 0 Å². The highest BCUT2D eigenvalue weighted by molar-refractivity contribution is 5.97. The molecule has 6 nitrogen and oxygen atoms in total. The Bertz CT molecular complexity index is 731. The molecule has 0 saturated carbocycles. The smallest absolute Gasteiger partial charge is 0.233 e. The van der Waals surface area contributed by atoms with Crippen LogP contribution in [0.15, 0.2) is 42.5 Å². The van der Waals surface area contributed by atoms with E-state index in [0.717, 1.165) is 12.1 Å². The zero-order valence-corrected chi connectivity index (χ0v) is 14.2. The molecule has 25 heavy (non-hydrogen) atoms. The number of nitrogens with zero attached hydrogens (tertiary/aromatic N) is 3. The Kier molecular flexibility index (Phi) is 5.38. The van der Waals surface area contributed by atoms with E-state index in [1.807, 2.05) is 31.2 Å². The van der Waals surface area contributed by atoms with E-state index in [1.165, 1.54) is 0 Å². The summed E-state index contributed by atoms with van der Waals surface area (Å²) in [6.45, 7) is 3.03. The molecule has 0 N–H and O–H groups in total. The molecular weight excluding hydrogens is 318 g/mol. The van der Waals surface area contributed by atoms with Crippen LogP contribution in [0.2, 0.25) is 0 Å². The number of benzene rings is 1. The van der Waals surface area contributed by atoms with E-state index >= 15 is 0 Å². The van der Waals surface area contributed by atoms with Crippen LogP contribution in [-0.2, 0) is 4.79 Å². The summed E-state index contributed by atoms with van der Waals surface area (Å²) in [5.74, 6) is 0.463. The minimum atomic E-state index is -0.0780. The van der Waals surface area contributed by atoms with Gasteiger partial charge in [0.15, 0.2) is 5.78 Å². The number of ketones is 1. The van der Waals surface area contributed by atoms with Gasteiger partial charge in [0.2, 0.25) is 11.8 Å². The summed E-state index contributed by atoms with van der Waals surface area (Å²) in [6, 6.07) is 12.7. The molecule has 0 spiro atoms. The van der Waals surface area contributed by atoms with E-state index in [4.69, 9.17) is 4.74 Å². The first-order chi connectivity index (χ1) is 12.1. The fraction of sp³-hybridized carbons (Fsp3) is 0.368. The van der Waals surface area contributed by atoms with Crippen LogP contribution in [0.3, 0.4) is 0 Å². The molecule has 2 aromatic rings. The Morgan fingerprint density at radius 2 is 1.92 bits per heavy atom. The van der Waals surface area contributed by atoms with E-state index in [9.17, 15) is 9.59 Å². The van der Waals surface area contributed by atoms with Crippen molar-refractivity contribution in [3.05, 3.63) is 53.7 Å². The molecule has 1 unspecified atom stereocenters. The maximum Gasteiger partial charge on any atom is 0.233 e. The quantitative estimate of drug-likeness (QED) is 0.756. The molecule has 1 aliphatic rings. The summed E-state index contributed by atoms with van der Waals surface area (Å²) in [6.07, 6.45) is 1.14. The zero-order chi connectivity index (χ0) is 17.6. The Labute approximate surface area is 146 Å². The van der Waals surface area contributed by atoms with Crippen LogP contribution >= 0.6 is 0 Å². The first-order valence-electron chi connectivity index (χ1n) is 8.45. The lowest BCUT2D eigenvalue weighted by Gasteiger charge is -2.16. The number of aromatic nitrogens is 2. The van der Waals surface area contributed by atoms with Gasteiger partial charge < -0.3 is 9.64 Å². The second-order valence-electron chi connectivity index (χ2n) is 6.17. The average Bonchev–Trinajstić information content (AvgIpc) is 3.10. The molecule has 1 aliphatic heterocycles. The molecule has 1 saturated heterocycles. The molecule has 0 bridgehead atoms. The van der Waals surface area contributed by atoms with Gasteiger partial charge >= 0.3 is 0 Å². The molecule has 6 heteroatoms. The Morgan fingerprint density at radius 1 is 1.12 bits per heavy atom. The molecule has 1 amide bonds. The lowest BCUT2D eigenvalue weighted by atomic mass is 10.1. The number of rotatable bonds is 6. The average molecular weight is 339 g/mol. The van der Waals surface area contributed by atoms with E-state index < -0.39 is 0 Å². The Balaban J connectivity index is 1.46. The normalized spacial score (nSPS) is 16.7. The highest BCUT2D eigenvalue weighted by atomic mass is 16.5. The Hall–Kier alpha value is -2.76. The first kappa shape index (κ1) is 17.1. The second kappa shape index (κ2) is 7.88. The number of likely N-dealkylation sites (tertiary alicyclic amines) is 1. The van der Waals surface area contributed by atoms with Gasteiger partial charge in [0, 0.05) is 37.4 Å². The number of carbonyl (C=O) groups is 2. The van der Waals surface area contributed by atoms with Gasteiger partial charge in [-0.15, -0.1) is 5.10 Å². The van der Waals surface area contributed by atoms with Crippen molar-refractivity contribution in [3.8, 4) is 5.88 Å². The number of hydrogen-bond donors (Lipinski definition) is 0. The van der Waals surface area contributed by atoms with Crippen LogP contribution in [0.4, 0.5) is 0 Å². The van der Waals surface area contributed by atoms with Crippen LogP contribution in [0.5, 0.6) is 5.88 Å². The Morgan fingerprint density at radius 3 is 2.64 bits per heavy atom. The van der Waals surface area contributed by atoms with Crippen molar-refractivity contribution in [2.24, 2.45) is 0 Å². The van der Waals surface area contributed by atoms with Crippen LogP contribution in [0.25, 0.3) is 0 Å². The van der Waals surface area contributed by atoms with E-state index in [0.29, 0.717) is 24.5 Å². The van der Waals surface area contributed by atoms with Crippen molar-refractivity contribution < 1.29 is 14.3 Å². The van der Waals surface area contributed by atoms with E-state index in [1.54, 1.807) is 23.1 Å². The predicted octanol–water partition coefficient (Wildman–Crippen LogP) is 2.43. The molecule has 1 aromatic heterocycles. The van der Waals surface area contributed by atoms with Crippen molar-refractivity contribution >= 4 is 11.7 Å². The summed E-state index contributed by atoms with van der Waals surface area (Å²) < 4.78 is 5.77. The molecular formula is C19H21N3O3. The third kappa shape index (κ3) is 4.62. The maximum absolute atomic E-state index is 12.3. The third-order valence-electron chi connectivity index (χ3n) is 4.22. The largest absolute Gasteiger partial charge is 0.471 e. The van der Waals surface area contributed by atoms with Crippen LogP contribution in [-0.4, -0.2) is 46.0 Å². The SMILES string of the molecule is Cc1ccc(OC2CCN(C(=O)CCC(=O)c3ccccc3)C2)nn1. The van der Waals surface area contributed by atoms with Crippen LogP contribution in [0.1, 0.15) is 35.3 Å². The highest BCUT2D eigenvalue weighted by Crippen LogP contribution is 2.17. The van der Waals surface area contributed by atoms with Gasteiger partial charge in [0.1, 0.15) is 6.10 Å². The first-order valence-corrected chi connectivity index (χ1v) is 8.45. The predicted molar refractivity (Wildman–Crippen MR) is 92.4 cm³/mol. The summed E-state index contributed by atoms with van der Waals surface area (Å²) in [5.41, 5.74) is 1.48. The molecule has 1 aromatic carbocycles. The lowest BCUT2D eigenvalue weighted by Crippen LogP contribution is -2.31. The van der Waals surface area contributed by atoms with E-state index in [-0.39, 0.29) is 30.6 Å². The summed E-state index contributed by atoms with van der Waals surface area (Å²) in [7, 11) is 0. The van der Waals surface area contributed by atoms with Gasteiger partial charge in [-0.05, 0) is 13.0 Å². The van der Waals surface area contributed by atoms with Gasteiger partial charge in [-0.2, -0.15) is 5.10 Å². The molecule has 1 fully saturated rings. The second-order valence-corrected chi connectivity index (χ2v) is 6.17. The van der Waals surface area contributed by atoms with Gasteiger partial charge in [0.05, 0.1) is 12.2 Å². The highest BCUT2D eigenvalue weighted by Gasteiger charge is 2.28. The standard InChI is InChI=1S/C19H21N3O3/c1-14-7-9-18(21-20-14)25-16-11-12-22(13-16)19(24)10-8-17(23)15-5-3-2-4-6-15/h2-7,9,16H,8,10-13H2,1H3. The van der Waals surface area contributed by atoms with Crippen molar-refractivity contribution in [2.75, 3.05) is 13.1 Å². The summed E-state index contributed by atoms with van der Waals surface area (Å²) >= 11 is 0. The van der Waals surface area contributed by atoms with Gasteiger partial charge in [-0.25, -0.2) is 0 Å². The molecule has 130 valence electrons. The maximum atomic E-state index is 12.3. The van der Waals surface area contributed by atoms with Crippen molar-refractivity contribution in [1.29, 1.82) is 0 Å². The zero-order valence-electron chi connectivity index (χ0n) is 14.2. The number of hydrogen-bond acceptors (Lipinski definition) is 5. The topological polar surface area (TPSA) is 72.4 Å². The minimum Gasteiger partial charge on any atom is -0.471 e. The third-order valence-corrected chi connectivity index (χ3v) is 4.22. The number of amides is 1. The fourth-order valence-electron chi connectivity index (χ4n) is 2.82. The van der Waals surface area contributed by atoms with Crippen LogP contribution in [0, 0.1) is 6.92 Å². The molecule has 1 atom stereocenters.